The van der Waals surface area contributed by atoms with Crippen LogP contribution in [0.25, 0.3) is 5.69 Å². The molecule has 18 heavy (non-hydrogen) atoms. The maximum Gasteiger partial charge on any atom is 0.358 e. The van der Waals surface area contributed by atoms with Crippen molar-refractivity contribution < 1.29 is 9.53 Å². The van der Waals surface area contributed by atoms with Gasteiger partial charge in [0.25, 0.3) is 0 Å². The lowest BCUT2D eigenvalue weighted by molar-refractivity contribution is 0.0916. The molecule has 0 unspecified atom stereocenters. The van der Waals surface area contributed by atoms with Gasteiger partial charge in [-0.05, 0) is 12.1 Å². The molecule has 0 fully saturated rings. The van der Waals surface area contributed by atoms with Crippen LogP contribution in [0, 0.1) is 0 Å². The number of nitrogens with one attached hydrogen (secondary N) is 1. The van der Waals surface area contributed by atoms with Gasteiger partial charge in [0.05, 0.1) is 12.8 Å². The molecule has 0 spiro atoms. The molecule has 0 radical (unpaired) electrons. The number of rotatable bonds is 2. The first-order valence-corrected chi connectivity index (χ1v) is 5.14. The summed E-state index contributed by atoms with van der Waals surface area (Å²) in [6.07, 6.45) is 0. The zero-order chi connectivity index (χ0) is 13.3. The molecular weight excluding hydrogens is 238 g/mol. The summed E-state index contributed by atoms with van der Waals surface area (Å²) in [6, 6.07) is 6.43. The minimum absolute atomic E-state index is 0.334. The van der Waals surface area contributed by atoms with Gasteiger partial charge < -0.3 is 4.74 Å². The fourth-order valence-electron chi connectivity index (χ4n) is 1.57. The number of benzene rings is 1. The zero-order valence-electron chi connectivity index (χ0n) is 9.84. The number of ether oxygens (including phenoxy) is 1. The summed E-state index contributed by atoms with van der Waals surface area (Å²) >= 11 is 0. The Hall–Kier alpha value is -2.57. The van der Waals surface area contributed by atoms with Gasteiger partial charge >= 0.3 is 11.4 Å². The van der Waals surface area contributed by atoms with Crippen molar-refractivity contribution >= 4 is 5.91 Å². The van der Waals surface area contributed by atoms with E-state index in [9.17, 15) is 14.4 Å². The first kappa shape index (κ1) is 11.9. The summed E-state index contributed by atoms with van der Waals surface area (Å²) in [5, 5.41) is 2.17. The van der Waals surface area contributed by atoms with Crippen LogP contribution in [0.1, 0.15) is 11.7 Å². The Bertz CT molecular complexity index is 708. The largest absolute Gasteiger partial charge is 0.497 e. The average Bonchev–Trinajstić information content (AvgIpc) is 2.65. The van der Waals surface area contributed by atoms with Crippen LogP contribution >= 0.6 is 0 Å². The quantitative estimate of drug-likeness (QED) is 0.811. The van der Waals surface area contributed by atoms with Gasteiger partial charge in [0.15, 0.2) is 0 Å². The predicted molar refractivity (Wildman–Crippen MR) is 63.5 cm³/mol. The molecule has 0 amide bonds. The van der Waals surface area contributed by atoms with Gasteiger partial charge in [-0.3, -0.25) is 4.79 Å². The molecule has 0 aliphatic rings. The van der Waals surface area contributed by atoms with E-state index >= 15 is 0 Å². The number of H-pyrrole nitrogens is 1. The standard InChI is InChI=1S/C11H11N3O4/c1-7(15)14-11(17)13(10(16)12-14)8-4-3-5-9(6-8)18-2/h3-6H,1-2H3,(H,12,16). The molecule has 1 aromatic heterocycles. The number of hydrogen-bond acceptors (Lipinski definition) is 4. The van der Waals surface area contributed by atoms with Crippen LogP contribution < -0.4 is 16.1 Å². The lowest BCUT2D eigenvalue weighted by Gasteiger charge is -2.02. The Morgan fingerprint density at radius 3 is 2.61 bits per heavy atom. The minimum Gasteiger partial charge on any atom is -0.497 e. The molecule has 0 saturated carbocycles. The summed E-state index contributed by atoms with van der Waals surface area (Å²) in [4.78, 5) is 34.7. The maximum atomic E-state index is 11.9. The van der Waals surface area contributed by atoms with E-state index in [0.717, 1.165) is 4.57 Å². The van der Waals surface area contributed by atoms with Crippen LogP contribution in [0.15, 0.2) is 33.9 Å². The van der Waals surface area contributed by atoms with Crippen LogP contribution in [-0.2, 0) is 0 Å². The lowest BCUT2D eigenvalue weighted by atomic mass is 10.3. The number of carbonyl (C=O) groups is 1. The predicted octanol–water partition coefficient (Wildman–Crippen LogP) is -0.00400. The normalized spacial score (nSPS) is 10.3. The SMILES string of the molecule is COc1cccc(-n2c(=O)[nH]n(C(C)=O)c2=O)c1. The van der Waals surface area contributed by atoms with Crippen LogP contribution in [0.2, 0.25) is 0 Å². The molecular formula is C11H11N3O4. The van der Waals surface area contributed by atoms with Crippen LogP contribution in [0.3, 0.4) is 0 Å². The van der Waals surface area contributed by atoms with Gasteiger partial charge in [0, 0.05) is 13.0 Å². The van der Waals surface area contributed by atoms with Crippen LogP contribution in [-0.4, -0.2) is 27.4 Å². The third-order valence-electron chi connectivity index (χ3n) is 2.42. The van der Waals surface area contributed by atoms with Gasteiger partial charge in [-0.2, -0.15) is 4.68 Å². The second-order valence-corrected chi connectivity index (χ2v) is 3.59. The Kier molecular flexibility index (Phi) is 2.88. The van der Waals surface area contributed by atoms with Crippen molar-refractivity contribution in [1.82, 2.24) is 14.3 Å². The fourth-order valence-corrected chi connectivity index (χ4v) is 1.57. The highest BCUT2D eigenvalue weighted by Gasteiger charge is 2.13. The average molecular weight is 249 g/mol. The molecule has 0 bridgehead atoms. The molecule has 1 aromatic carbocycles. The highest BCUT2D eigenvalue weighted by Crippen LogP contribution is 2.13. The van der Waals surface area contributed by atoms with E-state index in [0.29, 0.717) is 16.1 Å². The smallest absolute Gasteiger partial charge is 0.358 e. The van der Waals surface area contributed by atoms with Crippen molar-refractivity contribution in [3.8, 4) is 11.4 Å². The van der Waals surface area contributed by atoms with Crippen molar-refractivity contribution in [3.63, 3.8) is 0 Å². The minimum atomic E-state index is -0.735. The van der Waals surface area contributed by atoms with Gasteiger partial charge in [-0.15, -0.1) is 0 Å². The maximum absolute atomic E-state index is 11.9. The molecule has 0 atom stereocenters. The third kappa shape index (κ3) is 1.86. The molecule has 94 valence electrons. The van der Waals surface area contributed by atoms with E-state index in [4.69, 9.17) is 4.74 Å². The molecule has 7 heteroatoms. The van der Waals surface area contributed by atoms with E-state index in [1.54, 1.807) is 18.2 Å². The molecule has 7 nitrogen and oxygen atoms in total. The van der Waals surface area contributed by atoms with E-state index < -0.39 is 17.3 Å². The first-order valence-electron chi connectivity index (χ1n) is 5.14. The number of nitrogens with zero attached hydrogens (tertiary/aromatic N) is 2. The summed E-state index contributed by atoms with van der Waals surface area (Å²) in [5.41, 5.74) is -1.08. The molecule has 0 aliphatic heterocycles. The molecule has 2 aromatic rings. The highest BCUT2D eigenvalue weighted by molar-refractivity contribution is 5.74. The molecule has 0 aliphatic carbocycles. The molecule has 1 heterocycles. The van der Waals surface area contributed by atoms with Crippen molar-refractivity contribution in [2.45, 2.75) is 6.92 Å². The van der Waals surface area contributed by atoms with E-state index in [1.165, 1.54) is 20.1 Å². The van der Waals surface area contributed by atoms with Gasteiger partial charge in [-0.1, -0.05) is 6.07 Å². The van der Waals surface area contributed by atoms with Crippen LogP contribution in [0.4, 0.5) is 0 Å². The zero-order valence-corrected chi connectivity index (χ0v) is 9.84. The monoisotopic (exact) mass is 249 g/mol. The van der Waals surface area contributed by atoms with Gasteiger partial charge in [0.2, 0.25) is 5.91 Å². The summed E-state index contributed by atoms with van der Waals surface area (Å²) in [5.74, 6) is -0.0480. The summed E-state index contributed by atoms with van der Waals surface area (Å²) in [6.45, 7) is 1.19. The van der Waals surface area contributed by atoms with Gasteiger partial charge in [-0.25, -0.2) is 19.3 Å². The topological polar surface area (TPSA) is 86.1 Å². The van der Waals surface area contributed by atoms with E-state index in [1.807, 2.05) is 0 Å². The Labute approximate surface area is 101 Å². The first-order chi connectivity index (χ1) is 8.54. The van der Waals surface area contributed by atoms with E-state index in [-0.39, 0.29) is 0 Å². The summed E-state index contributed by atoms with van der Waals surface area (Å²) in [7, 11) is 1.48. The Morgan fingerprint density at radius 1 is 1.33 bits per heavy atom. The number of carbonyl (C=O) groups excluding carboxylic acids is 1. The number of aromatic amines is 1. The second kappa shape index (κ2) is 4.36. The van der Waals surface area contributed by atoms with Crippen molar-refractivity contribution in [1.29, 1.82) is 0 Å². The number of hydrogen-bond donors (Lipinski definition) is 1. The third-order valence-corrected chi connectivity index (χ3v) is 2.42. The number of aromatic nitrogens is 3. The Balaban J connectivity index is 2.68. The van der Waals surface area contributed by atoms with Crippen LogP contribution in [0.5, 0.6) is 5.75 Å². The Morgan fingerprint density at radius 2 is 2.06 bits per heavy atom. The van der Waals surface area contributed by atoms with Crippen molar-refractivity contribution in [2.75, 3.05) is 7.11 Å². The second-order valence-electron chi connectivity index (χ2n) is 3.59. The molecule has 1 N–H and O–H groups in total. The highest BCUT2D eigenvalue weighted by atomic mass is 16.5. The van der Waals surface area contributed by atoms with Crippen molar-refractivity contribution in [2.24, 2.45) is 0 Å². The van der Waals surface area contributed by atoms with Gasteiger partial charge in [0.1, 0.15) is 5.75 Å². The van der Waals surface area contributed by atoms with Crippen molar-refractivity contribution in [3.05, 3.63) is 45.2 Å². The lowest BCUT2D eigenvalue weighted by Crippen LogP contribution is -2.29. The van der Waals surface area contributed by atoms with E-state index in [2.05, 4.69) is 5.10 Å². The molecule has 0 saturated heterocycles. The number of methoxy groups -OCH3 is 1. The fraction of sp³-hybridized carbons (Fsp3) is 0.182. The molecule has 2 rings (SSSR count). The summed E-state index contributed by atoms with van der Waals surface area (Å²) < 4.78 is 6.53.